The Morgan fingerprint density at radius 2 is 1.93 bits per heavy atom. The summed E-state index contributed by atoms with van der Waals surface area (Å²) in [5.74, 6) is 0. The van der Waals surface area contributed by atoms with Gasteiger partial charge in [-0.2, -0.15) is 0 Å². The molecule has 0 saturated carbocycles. The highest BCUT2D eigenvalue weighted by Gasteiger charge is 2.10. The largest absolute Gasteiger partial charge is 0.379 e. The van der Waals surface area contributed by atoms with E-state index in [0.29, 0.717) is 6.54 Å². The van der Waals surface area contributed by atoms with Crippen molar-refractivity contribution in [3.05, 3.63) is 0 Å². The van der Waals surface area contributed by atoms with Crippen LogP contribution in [0, 0.1) is 0 Å². The molecule has 0 heterocycles. The van der Waals surface area contributed by atoms with Crippen LogP contribution in [0.15, 0.2) is 0 Å². The predicted molar refractivity (Wildman–Crippen MR) is 65.1 cm³/mol. The molecule has 0 saturated heterocycles. The lowest BCUT2D eigenvalue weighted by atomic mass is 10.3. The molecule has 0 bridgehead atoms. The summed E-state index contributed by atoms with van der Waals surface area (Å²) in [4.78, 5) is 4.61. The van der Waals surface area contributed by atoms with Crippen molar-refractivity contribution in [3.8, 4) is 0 Å². The van der Waals surface area contributed by atoms with Crippen molar-refractivity contribution in [3.63, 3.8) is 0 Å². The zero-order chi connectivity index (χ0) is 11.7. The molecule has 0 aliphatic heterocycles. The molecule has 2 N–H and O–H groups in total. The molecule has 0 aromatic carbocycles. The van der Waals surface area contributed by atoms with Gasteiger partial charge in [-0.3, -0.25) is 0 Å². The van der Waals surface area contributed by atoms with E-state index in [2.05, 4.69) is 30.8 Å². The van der Waals surface area contributed by atoms with Crippen LogP contribution < -0.4 is 5.73 Å². The molecule has 0 fully saturated rings. The molecule has 4 nitrogen and oxygen atoms in total. The van der Waals surface area contributed by atoms with Gasteiger partial charge in [-0.25, -0.2) is 0 Å². The Bertz CT molecular complexity index is 138. The maximum absolute atomic E-state index is 5.60. The van der Waals surface area contributed by atoms with Gasteiger partial charge in [0.05, 0.1) is 6.10 Å². The second kappa shape index (κ2) is 9.09. The Kier molecular flexibility index (Phi) is 9.00. The first kappa shape index (κ1) is 14.8. The number of hydrogen-bond donors (Lipinski definition) is 1. The topological polar surface area (TPSA) is 41.7 Å². The Labute approximate surface area is 94.4 Å². The summed E-state index contributed by atoms with van der Waals surface area (Å²) in [7, 11) is 5.94. The number of hydrogen-bond acceptors (Lipinski definition) is 4. The first-order valence-corrected chi connectivity index (χ1v) is 5.74. The lowest BCUT2D eigenvalue weighted by Gasteiger charge is -2.25. The predicted octanol–water partition coefficient (Wildman–Crippen LogP) is 0.234. The molecular weight excluding hydrogens is 190 g/mol. The van der Waals surface area contributed by atoms with E-state index in [1.807, 2.05) is 0 Å². The summed E-state index contributed by atoms with van der Waals surface area (Å²) >= 11 is 0. The van der Waals surface area contributed by atoms with Crippen LogP contribution >= 0.6 is 0 Å². The maximum Gasteiger partial charge on any atom is 0.0820 e. The fraction of sp³-hybridized carbons (Fsp3) is 1.00. The number of likely N-dealkylation sites (N-methyl/N-ethyl adjacent to an activating group) is 1. The van der Waals surface area contributed by atoms with Crippen LogP contribution in [0.2, 0.25) is 0 Å². The van der Waals surface area contributed by atoms with Gasteiger partial charge in [0.15, 0.2) is 0 Å². The average molecular weight is 217 g/mol. The van der Waals surface area contributed by atoms with Gasteiger partial charge in [0.25, 0.3) is 0 Å². The standard InChI is InChI=1S/C11H27N3O/c1-5-14(8-6-7-13(2)3)10-11(9-12)15-4/h11H,5-10,12H2,1-4H3. The Morgan fingerprint density at radius 3 is 2.33 bits per heavy atom. The second-order valence-corrected chi connectivity index (χ2v) is 4.14. The highest BCUT2D eigenvalue weighted by Crippen LogP contribution is 1.97. The van der Waals surface area contributed by atoms with Crippen LogP contribution in [-0.2, 0) is 4.74 Å². The third kappa shape index (κ3) is 7.73. The van der Waals surface area contributed by atoms with Crippen molar-refractivity contribution in [1.82, 2.24) is 9.80 Å². The quantitative estimate of drug-likeness (QED) is 0.600. The minimum atomic E-state index is 0.171. The Balaban J connectivity index is 3.71. The highest BCUT2D eigenvalue weighted by atomic mass is 16.5. The molecule has 0 aliphatic carbocycles. The molecule has 4 heteroatoms. The van der Waals surface area contributed by atoms with Gasteiger partial charge in [0, 0.05) is 20.2 Å². The van der Waals surface area contributed by atoms with E-state index < -0.39 is 0 Å². The second-order valence-electron chi connectivity index (χ2n) is 4.14. The van der Waals surface area contributed by atoms with Crippen molar-refractivity contribution < 1.29 is 4.74 Å². The summed E-state index contributed by atoms with van der Waals surface area (Å²) in [6.07, 6.45) is 1.37. The summed E-state index contributed by atoms with van der Waals surface area (Å²) in [5, 5.41) is 0. The van der Waals surface area contributed by atoms with Gasteiger partial charge in [0.2, 0.25) is 0 Å². The molecule has 0 rings (SSSR count). The first-order chi connectivity index (χ1) is 7.13. The van der Waals surface area contributed by atoms with E-state index >= 15 is 0 Å². The minimum Gasteiger partial charge on any atom is -0.379 e. The van der Waals surface area contributed by atoms with Crippen molar-refractivity contribution in [1.29, 1.82) is 0 Å². The fourth-order valence-electron chi connectivity index (χ4n) is 1.52. The van der Waals surface area contributed by atoms with Crippen LogP contribution in [-0.4, -0.2) is 69.8 Å². The number of nitrogens with two attached hydrogens (primary N) is 1. The van der Waals surface area contributed by atoms with Crippen LogP contribution in [0.25, 0.3) is 0 Å². The smallest absolute Gasteiger partial charge is 0.0820 e. The molecule has 92 valence electrons. The number of nitrogens with zero attached hydrogens (tertiary/aromatic N) is 2. The fourth-order valence-corrected chi connectivity index (χ4v) is 1.52. The maximum atomic E-state index is 5.60. The van der Waals surface area contributed by atoms with Crippen molar-refractivity contribution in [2.45, 2.75) is 19.4 Å². The molecule has 1 atom stereocenters. The van der Waals surface area contributed by atoms with Gasteiger partial charge in [0.1, 0.15) is 0 Å². The van der Waals surface area contributed by atoms with Crippen LogP contribution in [0.3, 0.4) is 0 Å². The molecule has 0 aliphatic rings. The Hall–Kier alpha value is -0.160. The molecule has 0 aromatic heterocycles. The lowest BCUT2D eigenvalue weighted by molar-refractivity contribution is 0.0706. The SMILES string of the molecule is CCN(CCCN(C)C)CC(CN)OC. The van der Waals surface area contributed by atoms with Gasteiger partial charge >= 0.3 is 0 Å². The van der Waals surface area contributed by atoms with E-state index in [-0.39, 0.29) is 6.10 Å². The highest BCUT2D eigenvalue weighted by molar-refractivity contribution is 4.66. The zero-order valence-corrected chi connectivity index (χ0v) is 10.7. The van der Waals surface area contributed by atoms with E-state index in [9.17, 15) is 0 Å². The van der Waals surface area contributed by atoms with Crippen molar-refractivity contribution in [2.75, 3.05) is 53.9 Å². The van der Waals surface area contributed by atoms with Crippen LogP contribution in [0.4, 0.5) is 0 Å². The summed E-state index contributed by atoms with van der Waals surface area (Å²) < 4.78 is 5.28. The van der Waals surface area contributed by atoms with E-state index in [4.69, 9.17) is 10.5 Å². The van der Waals surface area contributed by atoms with Crippen LogP contribution in [0.1, 0.15) is 13.3 Å². The minimum absolute atomic E-state index is 0.171. The van der Waals surface area contributed by atoms with Gasteiger partial charge < -0.3 is 20.3 Å². The summed E-state index contributed by atoms with van der Waals surface area (Å²) in [6, 6.07) is 0. The molecule has 1 unspecified atom stereocenters. The Morgan fingerprint density at radius 1 is 1.27 bits per heavy atom. The summed E-state index contributed by atoms with van der Waals surface area (Å²) in [6.45, 7) is 7.04. The van der Waals surface area contributed by atoms with Gasteiger partial charge in [-0.1, -0.05) is 6.92 Å². The van der Waals surface area contributed by atoms with E-state index in [1.165, 1.54) is 6.42 Å². The van der Waals surface area contributed by atoms with Crippen LogP contribution in [0.5, 0.6) is 0 Å². The van der Waals surface area contributed by atoms with E-state index in [1.54, 1.807) is 7.11 Å². The molecular formula is C11H27N3O. The number of ether oxygens (including phenoxy) is 1. The van der Waals surface area contributed by atoms with Crippen molar-refractivity contribution in [2.24, 2.45) is 5.73 Å². The lowest BCUT2D eigenvalue weighted by Crippen LogP contribution is -2.38. The molecule has 0 amide bonds. The third-order valence-corrected chi connectivity index (χ3v) is 2.58. The van der Waals surface area contributed by atoms with Gasteiger partial charge in [-0.05, 0) is 40.2 Å². The first-order valence-electron chi connectivity index (χ1n) is 5.74. The third-order valence-electron chi connectivity index (χ3n) is 2.58. The van der Waals surface area contributed by atoms with E-state index in [0.717, 1.165) is 26.2 Å². The number of rotatable bonds is 9. The summed E-state index contributed by atoms with van der Waals surface area (Å²) in [5.41, 5.74) is 5.60. The monoisotopic (exact) mass is 217 g/mol. The zero-order valence-electron chi connectivity index (χ0n) is 10.7. The number of methoxy groups -OCH3 is 1. The molecule has 0 radical (unpaired) electrons. The average Bonchev–Trinajstić information content (AvgIpc) is 2.22. The molecule has 0 aromatic rings. The molecule has 0 spiro atoms. The van der Waals surface area contributed by atoms with Gasteiger partial charge in [-0.15, -0.1) is 0 Å². The normalized spacial score (nSPS) is 13.8. The van der Waals surface area contributed by atoms with Crippen molar-refractivity contribution >= 4 is 0 Å². The molecule has 15 heavy (non-hydrogen) atoms.